The van der Waals surface area contributed by atoms with Gasteiger partial charge in [-0.05, 0) is 35.8 Å². The van der Waals surface area contributed by atoms with Crippen LogP contribution in [-0.4, -0.2) is 5.78 Å². The van der Waals surface area contributed by atoms with Crippen LogP contribution in [0.1, 0.15) is 28.4 Å². The summed E-state index contributed by atoms with van der Waals surface area (Å²) in [5.41, 5.74) is 2.98. The molecule has 0 radical (unpaired) electrons. The second-order valence-electron chi connectivity index (χ2n) is 4.30. The fraction of sp³-hybridized carbons (Fsp3) is 0.118. The molecule has 0 amide bonds. The second-order valence-corrected chi connectivity index (χ2v) is 5.22. The van der Waals surface area contributed by atoms with Crippen molar-refractivity contribution in [2.24, 2.45) is 0 Å². The molecule has 0 bridgehead atoms. The summed E-state index contributed by atoms with van der Waals surface area (Å²) in [5, 5.41) is 0. The van der Waals surface area contributed by atoms with Crippen LogP contribution in [0, 0.1) is 0 Å². The Morgan fingerprint density at radius 2 is 1.89 bits per heavy atom. The second kappa shape index (κ2) is 6.48. The first-order valence-electron chi connectivity index (χ1n) is 6.26. The predicted molar refractivity (Wildman–Crippen MR) is 83.3 cm³/mol. The van der Waals surface area contributed by atoms with Gasteiger partial charge in [0.1, 0.15) is 0 Å². The van der Waals surface area contributed by atoms with Crippen LogP contribution >= 0.6 is 15.9 Å². The number of hydrogen-bond donors (Lipinski definition) is 0. The van der Waals surface area contributed by atoms with E-state index < -0.39 is 0 Å². The van der Waals surface area contributed by atoms with Crippen LogP contribution in [0.4, 0.5) is 0 Å². The first-order chi connectivity index (χ1) is 9.19. The minimum atomic E-state index is 0.0302. The highest BCUT2D eigenvalue weighted by Gasteiger charge is 2.01. The van der Waals surface area contributed by atoms with Gasteiger partial charge in [0, 0.05) is 10.0 Å². The molecule has 0 fully saturated rings. The summed E-state index contributed by atoms with van der Waals surface area (Å²) in [6.45, 7) is 2.10. The van der Waals surface area contributed by atoms with Crippen molar-refractivity contribution in [3.05, 3.63) is 75.8 Å². The molecule has 0 aliphatic heterocycles. The summed E-state index contributed by atoms with van der Waals surface area (Å²) in [5.74, 6) is 0.0302. The molecule has 0 saturated carbocycles. The normalized spacial score (nSPS) is 10.8. The number of carbonyl (C=O) groups excluding carboxylic acids is 1. The lowest BCUT2D eigenvalue weighted by molar-refractivity contribution is 0.104. The average Bonchev–Trinajstić information content (AvgIpc) is 2.45. The lowest BCUT2D eigenvalue weighted by Gasteiger charge is -1.99. The number of ketones is 1. The first-order valence-corrected chi connectivity index (χ1v) is 7.05. The lowest BCUT2D eigenvalue weighted by atomic mass is 10.1. The van der Waals surface area contributed by atoms with Gasteiger partial charge >= 0.3 is 0 Å². The van der Waals surface area contributed by atoms with Gasteiger partial charge in [-0.15, -0.1) is 0 Å². The molecule has 2 rings (SSSR count). The largest absolute Gasteiger partial charge is 0.289 e. The summed E-state index contributed by atoms with van der Waals surface area (Å²) in [4.78, 5) is 12.0. The predicted octanol–water partition coefficient (Wildman–Crippen LogP) is 4.91. The molecule has 2 heteroatoms. The van der Waals surface area contributed by atoms with Crippen molar-refractivity contribution in [1.82, 2.24) is 0 Å². The van der Waals surface area contributed by atoms with Gasteiger partial charge in [0.15, 0.2) is 5.78 Å². The van der Waals surface area contributed by atoms with Crippen molar-refractivity contribution in [3.63, 3.8) is 0 Å². The van der Waals surface area contributed by atoms with E-state index in [0.717, 1.165) is 22.0 Å². The highest BCUT2D eigenvalue weighted by atomic mass is 79.9. The molecular weight excluding hydrogens is 300 g/mol. The molecule has 0 spiro atoms. The number of hydrogen-bond acceptors (Lipinski definition) is 1. The number of benzene rings is 2. The molecule has 2 aromatic rings. The maximum atomic E-state index is 12.0. The van der Waals surface area contributed by atoms with Crippen LogP contribution in [0.3, 0.4) is 0 Å². The van der Waals surface area contributed by atoms with Gasteiger partial charge in [0.05, 0.1) is 0 Å². The van der Waals surface area contributed by atoms with E-state index in [1.54, 1.807) is 6.08 Å². The highest BCUT2D eigenvalue weighted by Crippen LogP contribution is 2.13. The topological polar surface area (TPSA) is 17.1 Å². The minimum Gasteiger partial charge on any atom is -0.289 e. The Bertz CT molecular complexity index is 597. The molecule has 19 heavy (non-hydrogen) atoms. The van der Waals surface area contributed by atoms with Crippen molar-refractivity contribution in [1.29, 1.82) is 0 Å². The maximum Gasteiger partial charge on any atom is 0.185 e. The Labute approximate surface area is 122 Å². The Hall–Kier alpha value is -1.67. The smallest absolute Gasteiger partial charge is 0.185 e. The van der Waals surface area contributed by atoms with E-state index in [4.69, 9.17) is 0 Å². The molecule has 0 saturated heterocycles. The van der Waals surface area contributed by atoms with Crippen LogP contribution in [0.15, 0.2) is 59.1 Å². The van der Waals surface area contributed by atoms with Crippen LogP contribution in [-0.2, 0) is 6.42 Å². The van der Waals surface area contributed by atoms with Gasteiger partial charge in [0.2, 0.25) is 0 Å². The van der Waals surface area contributed by atoms with Crippen molar-refractivity contribution in [3.8, 4) is 0 Å². The number of halogens is 1. The van der Waals surface area contributed by atoms with Crippen molar-refractivity contribution >= 4 is 27.8 Å². The summed E-state index contributed by atoms with van der Waals surface area (Å²) >= 11 is 3.41. The van der Waals surface area contributed by atoms with E-state index in [0.29, 0.717) is 0 Å². The monoisotopic (exact) mass is 314 g/mol. The van der Waals surface area contributed by atoms with Crippen LogP contribution in [0.2, 0.25) is 0 Å². The van der Waals surface area contributed by atoms with E-state index in [1.165, 1.54) is 5.56 Å². The van der Waals surface area contributed by atoms with E-state index in [-0.39, 0.29) is 5.78 Å². The molecule has 0 heterocycles. The zero-order chi connectivity index (χ0) is 13.7. The zero-order valence-corrected chi connectivity index (χ0v) is 12.4. The summed E-state index contributed by atoms with van der Waals surface area (Å²) in [7, 11) is 0. The molecule has 0 atom stereocenters. The molecule has 96 valence electrons. The van der Waals surface area contributed by atoms with Gasteiger partial charge in [0.25, 0.3) is 0 Å². The Morgan fingerprint density at radius 1 is 1.16 bits per heavy atom. The lowest BCUT2D eigenvalue weighted by Crippen LogP contribution is -1.94. The van der Waals surface area contributed by atoms with Gasteiger partial charge in [-0.2, -0.15) is 0 Å². The molecule has 0 aromatic heterocycles. The highest BCUT2D eigenvalue weighted by molar-refractivity contribution is 9.10. The molecular formula is C17H15BrO. The Kier molecular flexibility index (Phi) is 4.69. The zero-order valence-electron chi connectivity index (χ0n) is 10.8. The maximum absolute atomic E-state index is 12.0. The van der Waals surface area contributed by atoms with Gasteiger partial charge < -0.3 is 0 Å². The Morgan fingerprint density at radius 3 is 2.53 bits per heavy atom. The molecule has 0 aliphatic carbocycles. The van der Waals surface area contributed by atoms with E-state index in [2.05, 4.69) is 22.9 Å². The quantitative estimate of drug-likeness (QED) is 0.579. The van der Waals surface area contributed by atoms with E-state index in [1.807, 2.05) is 54.6 Å². The van der Waals surface area contributed by atoms with Crippen LogP contribution in [0.5, 0.6) is 0 Å². The molecule has 2 aromatic carbocycles. The van der Waals surface area contributed by atoms with Gasteiger partial charge in [-0.3, -0.25) is 4.79 Å². The van der Waals surface area contributed by atoms with E-state index in [9.17, 15) is 4.79 Å². The summed E-state index contributed by atoms with van der Waals surface area (Å²) in [6.07, 6.45) is 4.44. The fourth-order valence-electron chi connectivity index (χ4n) is 1.78. The first kappa shape index (κ1) is 13.8. The SMILES string of the molecule is CCc1ccc(C(=O)/C=C/c2cccc(Br)c2)cc1. The summed E-state index contributed by atoms with van der Waals surface area (Å²) in [6, 6.07) is 15.6. The van der Waals surface area contributed by atoms with Crippen molar-refractivity contribution < 1.29 is 4.79 Å². The van der Waals surface area contributed by atoms with Gasteiger partial charge in [-0.1, -0.05) is 65.3 Å². The third kappa shape index (κ3) is 3.90. The number of rotatable bonds is 4. The number of aryl methyl sites for hydroxylation is 1. The minimum absolute atomic E-state index is 0.0302. The van der Waals surface area contributed by atoms with Crippen LogP contribution < -0.4 is 0 Å². The standard InChI is InChI=1S/C17H15BrO/c1-2-13-6-9-15(10-7-13)17(19)11-8-14-4-3-5-16(18)12-14/h3-12H,2H2,1H3/b11-8+. The third-order valence-corrected chi connectivity index (χ3v) is 3.42. The molecule has 0 N–H and O–H groups in total. The Balaban J connectivity index is 2.11. The van der Waals surface area contributed by atoms with Crippen LogP contribution in [0.25, 0.3) is 6.08 Å². The van der Waals surface area contributed by atoms with Gasteiger partial charge in [-0.25, -0.2) is 0 Å². The van der Waals surface area contributed by atoms with Crippen molar-refractivity contribution in [2.75, 3.05) is 0 Å². The fourth-order valence-corrected chi connectivity index (χ4v) is 2.20. The molecule has 0 unspecified atom stereocenters. The molecule has 0 aliphatic rings. The number of carbonyl (C=O) groups is 1. The number of allylic oxidation sites excluding steroid dienone is 1. The third-order valence-electron chi connectivity index (χ3n) is 2.92. The molecule has 1 nitrogen and oxygen atoms in total. The summed E-state index contributed by atoms with van der Waals surface area (Å²) < 4.78 is 1.01. The average molecular weight is 315 g/mol. The van der Waals surface area contributed by atoms with E-state index >= 15 is 0 Å². The van der Waals surface area contributed by atoms with Crippen molar-refractivity contribution in [2.45, 2.75) is 13.3 Å².